The van der Waals surface area contributed by atoms with Crippen LogP contribution in [0.3, 0.4) is 0 Å². The van der Waals surface area contributed by atoms with Gasteiger partial charge in [0.2, 0.25) is 0 Å². The molecule has 0 aromatic carbocycles. The van der Waals surface area contributed by atoms with E-state index in [-0.39, 0.29) is 0 Å². The summed E-state index contributed by atoms with van der Waals surface area (Å²) in [6.07, 6.45) is 1.28. The molecule has 1 atom stereocenters. The van der Waals surface area contributed by atoms with E-state index in [2.05, 4.69) is 45.3 Å². The van der Waals surface area contributed by atoms with Gasteiger partial charge < -0.3 is 4.90 Å². The van der Waals surface area contributed by atoms with Crippen molar-refractivity contribution in [3.63, 3.8) is 0 Å². The quantitative estimate of drug-likeness (QED) is 0.602. The highest BCUT2D eigenvalue weighted by Gasteiger charge is 2.29. The molecule has 0 aromatic heterocycles. The van der Waals surface area contributed by atoms with E-state index in [1.807, 2.05) is 0 Å². The van der Waals surface area contributed by atoms with Crippen LogP contribution < -0.4 is 0 Å². The Labute approximate surface area is 90.1 Å². The van der Waals surface area contributed by atoms with Crippen molar-refractivity contribution < 1.29 is 0 Å². The van der Waals surface area contributed by atoms with Crippen LogP contribution >= 0.6 is 0 Å². The third-order valence-electron chi connectivity index (χ3n) is 3.22. The third-order valence-corrected chi connectivity index (χ3v) is 3.22. The highest BCUT2D eigenvalue weighted by Crippen LogP contribution is 2.18. The van der Waals surface area contributed by atoms with E-state index in [1.165, 1.54) is 32.6 Å². The number of hydrogen-bond acceptors (Lipinski definition) is 2. The Hall–Kier alpha value is -0.0151. The first-order valence-electron chi connectivity index (χ1n) is 5.94. The van der Waals surface area contributed by atoms with Crippen LogP contribution in [0.5, 0.6) is 0 Å². The van der Waals surface area contributed by atoms with Gasteiger partial charge in [0.05, 0.1) is 0 Å². The first-order valence-corrected chi connectivity index (χ1v) is 5.94. The summed E-state index contributed by atoms with van der Waals surface area (Å²) in [5.41, 5.74) is 0.340. The Balaban J connectivity index is 2.46. The highest BCUT2D eigenvalue weighted by atomic mass is 15.3. The molecular weight excluding hydrogens is 171 g/mol. The fourth-order valence-electron chi connectivity index (χ4n) is 2.22. The van der Waals surface area contributed by atoms with Gasteiger partial charge in [-0.2, -0.15) is 0 Å². The second-order valence-corrected chi connectivity index (χ2v) is 5.50. The first kappa shape index (κ1) is 12.1. The summed E-state index contributed by atoms with van der Waals surface area (Å²) >= 11 is 0. The van der Waals surface area contributed by atoms with Crippen LogP contribution in [-0.4, -0.2) is 55.3 Å². The van der Waals surface area contributed by atoms with Crippen LogP contribution in [0, 0.1) is 0 Å². The van der Waals surface area contributed by atoms with Gasteiger partial charge in [-0.25, -0.2) is 0 Å². The maximum Gasteiger partial charge on any atom is 0.125 e. The molecule has 0 aromatic rings. The van der Waals surface area contributed by atoms with Crippen molar-refractivity contribution in [3.05, 3.63) is 0 Å². The fourth-order valence-corrected chi connectivity index (χ4v) is 2.22. The second-order valence-electron chi connectivity index (χ2n) is 5.50. The zero-order chi connectivity index (χ0) is 10.8. The molecule has 2 nitrogen and oxygen atoms in total. The number of hydrogen-bond donors (Lipinski definition) is 0. The van der Waals surface area contributed by atoms with E-state index in [0.717, 1.165) is 5.94 Å². The maximum atomic E-state index is 2.61. The average molecular weight is 196 g/mol. The third kappa shape index (κ3) is 2.99. The lowest BCUT2D eigenvalue weighted by Gasteiger charge is -2.46. The molecule has 1 aliphatic rings. The van der Waals surface area contributed by atoms with Gasteiger partial charge in [-0.1, -0.05) is 6.92 Å². The molecule has 1 unspecified atom stereocenters. The van der Waals surface area contributed by atoms with Crippen molar-refractivity contribution in [2.24, 2.45) is 0 Å². The van der Waals surface area contributed by atoms with Crippen LogP contribution in [0.2, 0.25) is 0 Å². The van der Waals surface area contributed by atoms with Gasteiger partial charge >= 0.3 is 0 Å². The normalized spacial score (nSPS) is 26.7. The standard InChI is InChI=1S/C11H25BN2/c1-5-6-13-7-8-14(9-10(13)12)11(2,3)4/h10H,5-9,12H2,1-4H3. The number of nitrogens with zero attached hydrogens (tertiary/aromatic N) is 2. The molecule has 1 rings (SSSR count). The van der Waals surface area contributed by atoms with Crippen molar-refractivity contribution in [1.29, 1.82) is 0 Å². The number of rotatable bonds is 2. The van der Waals surface area contributed by atoms with Crippen LogP contribution in [0.4, 0.5) is 0 Å². The lowest BCUT2D eigenvalue weighted by molar-refractivity contribution is 0.0487. The molecule has 0 bridgehead atoms. The van der Waals surface area contributed by atoms with Gasteiger partial charge in [-0.3, -0.25) is 4.90 Å². The molecule has 0 aliphatic carbocycles. The monoisotopic (exact) mass is 196 g/mol. The van der Waals surface area contributed by atoms with Crippen molar-refractivity contribution in [2.75, 3.05) is 26.2 Å². The Morgan fingerprint density at radius 2 is 1.93 bits per heavy atom. The molecule has 3 heteroatoms. The Morgan fingerprint density at radius 1 is 1.29 bits per heavy atom. The van der Waals surface area contributed by atoms with Gasteiger partial charge in [0.25, 0.3) is 0 Å². The predicted octanol–water partition coefficient (Wildman–Crippen LogP) is 0.772. The summed E-state index contributed by atoms with van der Waals surface area (Å²) in [7, 11) is 2.35. The minimum Gasteiger partial charge on any atom is -0.306 e. The van der Waals surface area contributed by atoms with Crippen LogP contribution in [-0.2, 0) is 0 Å². The molecule has 0 spiro atoms. The van der Waals surface area contributed by atoms with E-state index >= 15 is 0 Å². The molecule has 1 saturated heterocycles. The molecule has 0 amide bonds. The molecule has 0 N–H and O–H groups in total. The van der Waals surface area contributed by atoms with Gasteiger partial charge in [-0.05, 0) is 39.7 Å². The molecule has 14 heavy (non-hydrogen) atoms. The molecule has 82 valence electrons. The Kier molecular flexibility index (Phi) is 4.02. The van der Waals surface area contributed by atoms with E-state index in [0.29, 0.717) is 5.54 Å². The van der Waals surface area contributed by atoms with Gasteiger partial charge in [0.1, 0.15) is 7.85 Å². The van der Waals surface area contributed by atoms with E-state index in [9.17, 15) is 0 Å². The van der Waals surface area contributed by atoms with Crippen LogP contribution in [0.25, 0.3) is 0 Å². The molecule has 0 radical (unpaired) electrons. The Morgan fingerprint density at radius 3 is 2.36 bits per heavy atom. The number of piperazine rings is 1. The molecule has 1 heterocycles. The van der Waals surface area contributed by atoms with Crippen molar-refractivity contribution in [2.45, 2.75) is 45.6 Å². The van der Waals surface area contributed by atoms with Crippen molar-refractivity contribution in [3.8, 4) is 0 Å². The molecule has 0 saturated carbocycles. The van der Waals surface area contributed by atoms with Crippen LogP contribution in [0.15, 0.2) is 0 Å². The van der Waals surface area contributed by atoms with E-state index < -0.39 is 0 Å². The summed E-state index contributed by atoms with van der Waals surface area (Å²) in [5, 5.41) is 0. The minimum absolute atomic E-state index is 0.340. The van der Waals surface area contributed by atoms with Crippen molar-refractivity contribution >= 4 is 7.85 Å². The maximum absolute atomic E-state index is 2.61. The predicted molar refractivity (Wildman–Crippen MR) is 65.5 cm³/mol. The summed E-state index contributed by atoms with van der Waals surface area (Å²) < 4.78 is 0. The van der Waals surface area contributed by atoms with Crippen molar-refractivity contribution in [1.82, 2.24) is 9.80 Å². The second kappa shape index (κ2) is 4.67. The van der Waals surface area contributed by atoms with Gasteiger partial charge in [0, 0.05) is 25.2 Å². The highest BCUT2D eigenvalue weighted by molar-refractivity contribution is 6.11. The van der Waals surface area contributed by atoms with Crippen LogP contribution in [0.1, 0.15) is 34.1 Å². The lowest BCUT2D eigenvalue weighted by atomic mass is 9.89. The molecule has 1 aliphatic heterocycles. The smallest absolute Gasteiger partial charge is 0.125 e. The lowest BCUT2D eigenvalue weighted by Crippen LogP contribution is -2.58. The summed E-state index contributed by atoms with van der Waals surface area (Å²) in [6, 6.07) is 0. The van der Waals surface area contributed by atoms with Gasteiger partial charge in [-0.15, -0.1) is 0 Å². The minimum atomic E-state index is 0.340. The largest absolute Gasteiger partial charge is 0.306 e. The molecular formula is C11H25BN2. The SMILES string of the molecule is BC1CN(C(C)(C)C)CCN1CCC. The zero-order valence-corrected chi connectivity index (χ0v) is 10.5. The van der Waals surface area contributed by atoms with Gasteiger partial charge in [0.15, 0.2) is 0 Å². The Bertz CT molecular complexity index is 177. The first-order chi connectivity index (χ1) is 6.45. The summed E-state index contributed by atoms with van der Waals surface area (Å²) in [5.74, 6) is 0.725. The fraction of sp³-hybridized carbons (Fsp3) is 1.00. The van der Waals surface area contributed by atoms with E-state index in [1.54, 1.807) is 0 Å². The topological polar surface area (TPSA) is 6.48 Å². The van der Waals surface area contributed by atoms with E-state index in [4.69, 9.17) is 0 Å². The average Bonchev–Trinajstić information content (AvgIpc) is 2.07. The summed E-state index contributed by atoms with van der Waals surface area (Å²) in [4.78, 5) is 5.21. The zero-order valence-electron chi connectivity index (χ0n) is 10.5. The molecule has 1 fully saturated rings. The summed E-state index contributed by atoms with van der Waals surface area (Å²) in [6.45, 7) is 14.2.